The van der Waals surface area contributed by atoms with E-state index in [1.165, 1.54) is 35.1 Å². The van der Waals surface area contributed by atoms with E-state index in [0.29, 0.717) is 12.0 Å². The van der Waals surface area contributed by atoms with Crippen LogP contribution >= 0.6 is 24.0 Å². The summed E-state index contributed by atoms with van der Waals surface area (Å²) in [7, 11) is 0. The number of nitrogens with zero attached hydrogens (tertiary/aromatic N) is 4. The number of benzene rings is 2. The van der Waals surface area contributed by atoms with Crippen LogP contribution in [0.1, 0.15) is 30.9 Å². The Morgan fingerprint density at radius 2 is 2.00 bits per heavy atom. The van der Waals surface area contributed by atoms with E-state index in [1.54, 1.807) is 0 Å². The Labute approximate surface area is 219 Å². The summed E-state index contributed by atoms with van der Waals surface area (Å²) in [4.78, 5) is 11.6. The van der Waals surface area contributed by atoms with E-state index in [0.717, 1.165) is 45.4 Å². The molecule has 180 valence electrons. The predicted molar refractivity (Wildman–Crippen MR) is 147 cm³/mol. The number of aromatic nitrogens is 2. The molecule has 1 unspecified atom stereocenters. The zero-order chi connectivity index (χ0) is 22.5. The second-order valence-corrected chi connectivity index (χ2v) is 9.23. The molecular formula is C27H34IN5O. The van der Waals surface area contributed by atoms with Gasteiger partial charge in [-0.05, 0) is 42.0 Å². The maximum absolute atomic E-state index is 5.71. The summed E-state index contributed by atoms with van der Waals surface area (Å²) >= 11 is 0. The molecule has 7 heteroatoms. The number of rotatable bonds is 6. The highest BCUT2D eigenvalue weighted by atomic mass is 127. The zero-order valence-electron chi connectivity index (χ0n) is 19.8. The third-order valence-corrected chi connectivity index (χ3v) is 6.86. The average molecular weight is 572 g/mol. The monoisotopic (exact) mass is 571 g/mol. The molecule has 3 heterocycles. The Morgan fingerprint density at radius 3 is 2.74 bits per heavy atom. The fraction of sp³-hybridized carbons (Fsp3) is 0.407. The molecule has 6 nitrogen and oxygen atoms in total. The van der Waals surface area contributed by atoms with Crippen molar-refractivity contribution >= 4 is 29.9 Å². The van der Waals surface area contributed by atoms with Gasteiger partial charge in [-0.25, -0.2) is 9.98 Å². The highest BCUT2D eigenvalue weighted by molar-refractivity contribution is 14.0. The number of ether oxygens (including phenoxy) is 1. The van der Waals surface area contributed by atoms with Crippen molar-refractivity contribution in [3.8, 4) is 11.1 Å². The fourth-order valence-electron chi connectivity index (χ4n) is 4.99. The van der Waals surface area contributed by atoms with Gasteiger partial charge in [-0.15, -0.1) is 24.0 Å². The average Bonchev–Trinajstić information content (AvgIpc) is 3.62. The van der Waals surface area contributed by atoms with Gasteiger partial charge in [0.15, 0.2) is 5.96 Å². The molecule has 3 aromatic rings. The Morgan fingerprint density at radius 1 is 1.15 bits per heavy atom. The second-order valence-electron chi connectivity index (χ2n) is 9.23. The molecule has 34 heavy (non-hydrogen) atoms. The van der Waals surface area contributed by atoms with Crippen molar-refractivity contribution in [3.05, 3.63) is 78.4 Å². The fourth-order valence-corrected chi connectivity index (χ4v) is 4.99. The molecule has 2 aliphatic rings. The van der Waals surface area contributed by atoms with Crippen LogP contribution in [-0.2, 0) is 17.8 Å². The van der Waals surface area contributed by atoms with E-state index in [9.17, 15) is 0 Å². The lowest BCUT2D eigenvalue weighted by Crippen LogP contribution is -2.41. The van der Waals surface area contributed by atoms with Gasteiger partial charge < -0.3 is 19.5 Å². The molecular weight excluding hydrogens is 537 g/mol. The van der Waals surface area contributed by atoms with Gasteiger partial charge in [0.2, 0.25) is 0 Å². The van der Waals surface area contributed by atoms with Crippen LogP contribution < -0.4 is 5.32 Å². The molecule has 2 saturated heterocycles. The lowest BCUT2D eigenvalue weighted by atomic mass is 9.87. The topological polar surface area (TPSA) is 54.7 Å². The van der Waals surface area contributed by atoms with Gasteiger partial charge in [0.05, 0.1) is 19.5 Å². The predicted octanol–water partition coefficient (Wildman–Crippen LogP) is 4.79. The summed E-state index contributed by atoms with van der Waals surface area (Å²) in [5.74, 6) is 1.02. The molecule has 2 aromatic carbocycles. The molecule has 1 spiro atoms. The van der Waals surface area contributed by atoms with Crippen molar-refractivity contribution in [2.45, 2.75) is 32.9 Å². The molecule has 1 N–H and O–H groups in total. The molecule has 5 rings (SSSR count). The van der Waals surface area contributed by atoms with Gasteiger partial charge in [-0.2, -0.15) is 0 Å². The lowest BCUT2D eigenvalue weighted by Gasteiger charge is -2.25. The van der Waals surface area contributed by atoms with Crippen LogP contribution in [0.25, 0.3) is 11.1 Å². The first-order chi connectivity index (χ1) is 16.2. The number of halogens is 1. The highest BCUT2D eigenvalue weighted by Crippen LogP contribution is 2.38. The smallest absolute Gasteiger partial charge is 0.194 e. The van der Waals surface area contributed by atoms with Gasteiger partial charge >= 0.3 is 0 Å². The van der Waals surface area contributed by atoms with E-state index >= 15 is 0 Å². The van der Waals surface area contributed by atoms with Crippen molar-refractivity contribution in [3.63, 3.8) is 0 Å². The maximum atomic E-state index is 5.71. The third-order valence-electron chi connectivity index (χ3n) is 6.86. The third kappa shape index (κ3) is 5.63. The van der Waals surface area contributed by atoms with E-state index in [4.69, 9.17) is 9.73 Å². The normalized spacial score (nSPS) is 20.0. The van der Waals surface area contributed by atoms with E-state index in [1.807, 2.05) is 18.7 Å². The standard InChI is InChI=1S/C27H33N5O.HI/c1-2-29-26(32-14-11-27(19-32)12-16-33-20-27)30-17-24-5-3-4-6-25(24)23-9-7-22(8-10-23)18-31-15-13-28-21-31;/h3-10,13,15,21H,2,11-12,14,16-20H2,1H3,(H,29,30);1H. The Kier molecular flexibility index (Phi) is 8.26. The molecule has 0 aliphatic carbocycles. The molecule has 0 saturated carbocycles. The lowest BCUT2D eigenvalue weighted by molar-refractivity contribution is 0.156. The Balaban J connectivity index is 0.00000274. The Bertz CT molecular complexity index is 1070. The van der Waals surface area contributed by atoms with Gasteiger partial charge in [0, 0.05) is 50.6 Å². The number of imidazole rings is 1. The first kappa shape index (κ1) is 24.7. The van der Waals surface area contributed by atoms with Crippen LogP contribution in [0.5, 0.6) is 0 Å². The van der Waals surface area contributed by atoms with E-state index in [2.05, 4.69) is 75.2 Å². The molecule has 2 fully saturated rings. The number of aliphatic imine (C=N–C) groups is 1. The zero-order valence-corrected chi connectivity index (χ0v) is 22.2. The summed E-state index contributed by atoms with van der Waals surface area (Å²) in [5, 5.41) is 3.52. The summed E-state index contributed by atoms with van der Waals surface area (Å²) in [5.41, 5.74) is 5.30. The SMILES string of the molecule is CCNC(=NCc1ccccc1-c1ccc(Cn2ccnc2)cc1)N1CCC2(CCOC2)C1.I. The number of guanidine groups is 1. The summed E-state index contributed by atoms with van der Waals surface area (Å²) < 4.78 is 7.79. The molecule has 2 aliphatic heterocycles. The minimum absolute atomic E-state index is 0. The Hall–Kier alpha value is -2.39. The van der Waals surface area contributed by atoms with Crippen molar-refractivity contribution in [2.75, 3.05) is 32.8 Å². The highest BCUT2D eigenvalue weighted by Gasteiger charge is 2.42. The number of likely N-dealkylation sites (tertiary alicyclic amines) is 1. The van der Waals surface area contributed by atoms with Gasteiger partial charge in [-0.1, -0.05) is 48.5 Å². The summed E-state index contributed by atoms with van der Waals surface area (Å²) in [6.45, 7) is 8.39. The first-order valence-corrected chi connectivity index (χ1v) is 12.0. The van der Waals surface area contributed by atoms with E-state index in [-0.39, 0.29) is 24.0 Å². The molecule has 0 bridgehead atoms. The van der Waals surface area contributed by atoms with Gasteiger partial charge in [-0.3, -0.25) is 0 Å². The minimum Gasteiger partial charge on any atom is -0.381 e. The summed E-state index contributed by atoms with van der Waals surface area (Å²) in [6, 6.07) is 17.4. The molecule has 0 amide bonds. The van der Waals surface area contributed by atoms with Gasteiger partial charge in [0.1, 0.15) is 0 Å². The maximum Gasteiger partial charge on any atom is 0.194 e. The van der Waals surface area contributed by atoms with Crippen LogP contribution in [0, 0.1) is 5.41 Å². The largest absolute Gasteiger partial charge is 0.381 e. The van der Waals surface area contributed by atoms with E-state index < -0.39 is 0 Å². The van der Waals surface area contributed by atoms with Crippen molar-refractivity contribution < 1.29 is 4.74 Å². The number of nitrogens with one attached hydrogen (secondary N) is 1. The van der Waals surface area contributed by atoms with Crippen LogP contribution in [0.2, 0.25) is 0 Å². The van der Waals surface area contributed by atoms with Crippen molar-refractivity contribution in [1.82, 2.24) is 19.8 Å². The van der Waals surface area contributed by atoms with Crippen molar-refractivity contribution in [2.24, 2.45) is 10.4 Å². The quantitative estimate of drug-likeness (QED) is 0.263. The molecule has 0 radical (unpaired) electrons. The van der Waals surface area contributed by atoms with Gasteiger partial charge in [0.25, 0.3) is 0 Å². The van der Waals surface area contributed by atoms with Crippen LogP contribution in [-0.4, -0.2) is 53.3 Å². The molecule has 1 atom stereocenters. The minimum atomic E-state index is 0. The van der Waals surface area contributed by atoms with Crippen molar-refractivity contribution in [1.29, 1.82) is 0 Å². The second kappa shape index (κ2) is 11.4. The number of hydrogen-bond acceptors (Lipinski definition) is 3. The van der Waals surface area contributed by atoms with Crippen LogP contribution in [0.15, 0.2) is 72.2 Å². The summed E-state index contributed by atoms with van der Waals surface area (Å²) in [6.07, 6.45) is 8.02. The van der Waals surface area contributed by atoms with Crippen LogP contribution in [0.3, 0.4) is 0 Å². The first-order valence-electron chi connectivity index (χ1n) is 12.0. The molecule has 1 aromatic heterocycles. The van der Waals surface area contributed by atoms with Crippen LogP contribution in [0.4, 0.5) is 0 Å². The number of hydrogen-bond donors (Lipinski definition) is 1.